The molecule has 0 N–H and O–H groups in total. The highest BCUT2D eigenvalue weighted by molar-refractivity contribution is 7.99. The number of rotatable bonds is 4. The molecule has 0 saturated heterocycles. The first-order valence-electron chi connectivity index (χ1n) is 6.00. The molecule has 1 unspecified atom stereocenters. The van der Waals surface area contributed by atoms with Crippen molar-refractivity contribution in [1.29, 1.82) is 0 Å². The third-order valence-electron chi connectivity index (χ3n) is 2.55. The zero-order valence-electron chi connectivity index (χ0n) is 11.2. The Hall–Kier alpha value is -0.280. The van der Waals surface area contributed by atoms with Crippen molar-refractivity contribution >= 4 is 23.4 Å². The molecular formula is C13H21ClN2S. The lowest BCUT2D eigenvalue weighted by atomic mass is 9.96. The summed E-state index contributed by atoms with van der Waals surface area (Å²) in [4.78, 5) is 8.87. The van der Waals surface area contributed by atoms with Crippen LogP contribution in [0.25, 0.3) is 0 Å². The van der Waals surface area contributed by atoms with E-state index in [2.05, 4.69) is 44.6 Å². The number of nitrogens with zero attached hydrogens (tertiary/aromatic N) is 2. The van der Waals surface area contributed by atoms with Crippen LogP contribution >= 0.6 is 23.4 Å². The van der Waals surface area contributed by atoms with Crippen molar-refractivity contribution in [2.45, 2.75) is 51.5 Å². The molecule has 1 aromatic rings. The minimum absolute atomic E-state index is 0.0589. The molecule has 1 atom stereocenters. The van der Waals surface area contributed by atoms with Crippen LogP contribution in [0.3, 0.4) is 0 Å². The van der Waals surface area contributed by atoms with E-state index < -0.39 is 0 Å². The summed E-state index contributed by atoms with van der Waals surface area (Å²) in [5, 5.41) is 1.52. The molecule has 0 aromatic carbocycles. The Morgan fingerprint density at radius 1 is 1.35 bits per heavy atom. The van der Waals surface area contributed by atoms with Crippen molar-refractivity contribution in [3.05, 3.63) is 17.0 Å². The first-order valence-corrected chi connectivity index (χ1v) is 7.37. The highest BCUT2D eigenvalue weighted by atomic mass is 35.5. The topological polar surface area (TPSA) is 25.8 Å². The lowest BCUT2D eigenvalue weighted by molar-refractivity contribution is 0.538. The van der Waals surface area contributed by atoms with Crippen LogP contribution in [0.2, 0.25) is 5.15 Å². The summed E-state index contributed by atoms with van der Waals surface area (Å²) in [7, 11) is 0. The normalized spacial score (nSPS) is 13.8. The fourth-order valence-electron chi connectivity index (χ4n) is 1.15. The Balaban J connectivity index is 2.83. The average Bonchev–Trinajstić information content (AvgIpc) is 2.24. The van der Waals surface area contributed by atoms with E-state index in [0.717, 1.165) is 16.6 Å². The molecule has 0 bridgehead atoms. The SMILES string of the molecule is CCC(C)CSc1cc(Cl)nc(C(C)(C)C)n1. The maximum absolute atomic E-state index is 6.04. The lowest BCUT2D eigenvalue weighted by Crippen LogP contribution is -2.16. The van der Waals surface area contributed by atoms with E-state index in [0.29, 0.717) is 11.1 Å². The highest BCUT2D eigenvalue weighted by Crippen LogP contribution is 2.26. The molecular weight excluding hydrogens is 252 g/mol. The van der Waals surface area contributed by atoms with Crippen molar-refractivity contribution < 1.29 is 0 Å². The molecule has 0 aliphatic carbocycles. The van der Waals surface area contributed by atoms with Crippen LogP contribution in [-0.2, 0) is 5.41 Å². The lowest BCUT2D eigenvalue weighted by Gasteiger charge is -2.17. The molecule has 17 heavy (non-hydrogen) atoms. The first-order chi connectivity index (χ1) is 7.82. The van der Waals surface area contributed by atoms with Crippen LogP contribution in [0.1, 0.15) is 46.9 Å². The minimum atomic E-state index is -0.0589. The standard InChI is InChI=1S/C13H21ClN2S/c1-6-9(2)8-17-11-7-10(14)15-12(16-11)13(3,4)5/h7,9H,6,8H2,1-5H3. The summed E-state index contributed by atoms with van der Waals surface area (Å²) in [5.41, 5.74) is -0.0589. The summed E-state index contributed by atoms with van der Waals surface area (Å²) in [6.45, 7) is 10.8. The van der Waals surface area contributed by atoms with Gasteiger partial charge in [-0.2, -0.15) is 0 Å². The van der Waals surface area contributed by atoms with Crippen molar-refractivity contribution in [2.75, 3.05) is 5.75 Å². The van der Waals surface area contributed by atoms with Crippen LogP contribution in [-0.4, -0.2) is 15.7 Å². The van der Waals surface area contributed by atoms with Gasteiger partial charge < -0.3 is 0 Å². The van der Waals surface area contributed by atoms with Crippen LogP contribution in [0, 0.1) is 5.92 Å². The summed E-state index contributed by atoms with van der Waals surface area (Å²) < 4.78 is 0. The van der Waals surface area contributed by atoms with E-state index in [4.69, 9.17) is 11.6 Å². The molecule has 0 amide bonds. The number of hydrogen-bond donors (Lipinski definition) is 0. The van der Waals surface area contributed by atoms with Gasteiger partial charge in [-0.15, -0.1) is 11.8 Å². The quantitative estimate of drug-likeness (QED) is 0.593. The van der Waals surface area contributed by atoms with Gasteiger partial charge >= 0.3 is 0 Å². The first kappa shape index (κ1) is 14.8. The Labute approximate surface area is 114 Å². The molecule has 0 saturated carbocycles. The molecule has 1 aromatic heterocycles. The summed E-state index contributed by atoms with van der Waals surface area (Å²) >= 11 is 7.80. The van der Waals surface area contributed by atoms with Crippen LogP contribution in [0.15, 0.2) is 11.1 Å². The molecule has 1 rings (SSSR count). The Bertz CT molecular complexity index is 374. The van der Waals surface area contributed by atoms with Gasteiger partial charge in [0, 0.05) is 17.2 Å². The molecule has 0 aliphatic heterocycles. The van der Waals surface area contributed by atoms with Crippen LogP contribution < -0.4 is 0 Å². The number of aromatic nitrogens is 2. The Kier molecular flexibility index (Phi) is 5.26. The smallest absolute Gasteiger partial charge is 0.136 e. The van der Waals surface area contributed by atoms with Crippen molar-refractivity contribution in [2.24, 2.45) is 5.92 Å². The van der Waals surface area contributed by atoms with E-state index >= 15 is 0 Å². The number of hydrogen-bond acceptors (Lipinski definition) is 3. The number of halogens is 1. The molecule has 0 aliphatic rings. The fourth-order valence-corrected chi connectivity index (χ4v) is 2.44. The van der Waals surface area contributed by atoms with Gasteiger partial charge in [-0.25, -0.2) is 9.97 Å². The maximum Gasteiger partial charge on any atom is 0.136 e. The van der Waals surface area contributed by atoms with Crippen molar-refractivity contribution in [3.63, 3.8) is 0 Å². The molecule has 4 heteroatoms. The summed E-state index contributed by atoms with van der Waals surface area (Å²) in [6.07, 6.45) is 1.19. The van der Waals surface area contributed by atoms with Gasteiger partial charge in [-0.05, 0) is 5.92 Å². The zero-order chi connectivity index (χ0) is 13.1. The second kappa shape index (κ2) is 6.05. The molecule has 1 heterocycles. The van der Waals surface area contributed by atoms with Gasteiger partial charge in [-0.3, -0.25) is 0 Å². The monoisotopic (exact) mass is 272 g/mol. The fraction of sp³-hybridized carbons (Fsp3) is 0.692. The van der Waals surface area contributed by atoms with E-state index in [1.165, 1.54) is 6.42 Å². The number of thioether (sulfide) groups is 1. The van der Waals surface area contributed by atoms with Gasteiger partial charge in [0.15, 0.2) is 0 Å². The average molecular weight is 273 g/mol. The van der Waals surface area contributed by atoms with E-state index in [-0.39, 0.29) is 5.41 Å². The van der Waals surface area contributed by atoms with E-state index in [1.807, 2.05) is 6.07 Å². The third kappa shape index (κ3) is 4.84. The van der Waals surface area contributed by atoms with Gasteiger partial charge in [0.2, 0.25) is 0 Å². The summed E-state index contributed by atoms with van der Waals surface area (Å²) in [5.74, 6) is 2.59. The second-order valence-corrected chi connectivity index (χ2v) is 6.85. The largest absolute Gasteiger partial charge is 0.226 e. The zero-order valence-corrected chi connectivity index (χ0v) is 12.8. The summed E-state index contributed by atoms with van der Waals surface area (Å²) in [6, 6.07) is 1.85. The predicted octanol–water partition coefficient (Wildman–Crippen LogP) is 4.57. The Morgan fingerprint density at radius 2 is 2.00 bits per heavy atom. The molecule has 0 spiro atoms. The molecule has 96 valence electrons. The van der Waals surface area contributed by atoms with E-state index in [9.17, 15) is 0 Å². The second-order valence-electron chi connectivity index (χ2n) is 5.43. The van der Waals surface area contributed by atoms with Crippen LogP contribution in [0.4, 0.5) is 0 Å². The van der Waals surface area contributed by atoms with E-state index in [1.54, 1.807) is 11.8 Å². The van der Waals surface area contributed by atoms with Gasteiger partial charge in [0.05, 0.1) is 0 Å². The molecule has 2 nitrogen and oxygen atoms in total. The van der Waals surface area contributed by atoms with Crippen molar-refractivity contribution in [1.82, 2.24) is 9.97 Å². The molecule has 0 fully saturated rings. The van der Waals surface area contributed by atoms with Crippen LogP contribution in [0.5, 0.6) is 0 Å². The van der Waals surface area contributed by atoms with Crippen molar-refractivity contribution in [3.8, 4) is 0 Å². The highest BCUT2D eigenvalue weighted by Gasteiger charge is 2.19. The minimum Gasteiger partial charge on any atom is -0.226 e. The Morgan fingerprint density at radius 3 is 2.53 bits per heavy atom. The third-order valence-corrected chi connectivity index (χ3v) is 3.99. The predicted molar refractivity (Wildman–Crippen MR) is 75.9 cm³/mol. The maximum atomic E-state index is 6.04. The van der Waals surface area contributed by atoms with Gasteiger partial charge in [0.25, 0.3) is 0 Å². The van der Waals surface area contributed by atoms with Gasteiger partial charge in [-0.1, -0.05) is 52.6 Å². The van der Waals surface area contributed by atoms with Gasteiger partial charge in [0.1, 0.15) is 16.0 Å². The molecule has 0 radical (unpaired) electrons.